The highest BCUT2D eigenvalue weighted by molar-refractivity contribution is 5.96. The first kappa shape index (κ1) is 18.1. The summed E-state index contributed by atoms with van der Waals surface area (Å²) >= 11 is 0. The number of anilines is 1. The number of benzene rings is 2. The van der Waals surface area contributed by atoms with Gasteiger partial charge in [-0.2, -0.15) is 0 Å². The molecule has 0 aliphatic rings. The van der Waals surface area contributed by atoms with Crippen molar-refractivity contribution in [3.8, 4) is 0 Å². The zero-order valence-corrected chi connectivity index (χ0v) is 14.3. The quantitative estimate of drug-likeness (QED) is 0.402. The van der Waals surface area contributed by atoms with E-state index >= 15 is 0 Å². The minimum Gasteiger partial charge on any atom is -0.455 e. The lowest BCUT2D eigenvalue weighted by Crippen LogP contribution is -2.22. The topological polar surface area (TPSA) is 125 Å². The molecule has 0 aliphatic heterocycles. The highest BCUT2D eigenvalue weighted by atomic mass is 16.6. The number of ether oxygens (including phenoxy) is 1. The molecule has 0 saturated heterocycles. The minimum atomic E-state index is -0.675. The van der Waals surface area contributed by atoms with Gasteiger partial charge in [-0.1, -0.05) is 29.4 Å². The molecule has 0 atom stereocenters. The first-order valence-corrected chi connectivity index (χ1v) is 7.98. The van der Waals surface area contributed by atoms with Crippen LogP contribution in [0.3, 0.4) is 0 Å². The van der Waals surface area contributed by atoms with Crippen molar-refractivity contribution in [1.29, 1.82) is 0 Å². The zero-order valence-electron chi connectivity index (χ0n) is 14.3. The molecule has 1 aromatic heterocycles. The summed E-state index contributed by atoms with van der Waals surface area (Å²) in [6, 6.07) is 11.5. The van der Waals surface area contributed by atoms with Crippen LogP contribution in [0.1, 0.15) is 11.3 Å². The average molecular weight is 369 g/mol. The molecule has 0 radical (unpaired) electrons. The van der Waals surface area contributed by atoms with E-state index in [1.54, 1.807) is 37.3 Å². The zero-order chi connectivity index (χ0) is 19.4. The Morgan fingerprint density at radius 3 is 2.78 bits per heavy atom. The van der Waals surface area contributed by atoms with Crippen molar-refractivity contribution in [3.63, 3.8) is 0 Å². The van der Waals surface area contributed by atoms with Gasteiger partial charge in [-0.05, 0) is 24.6 Å². The van der Waals surface area contributed by atoms with Gasteiger partial charge in [0.15, 0.2) is 12.2 Å². The molecular weight excluding hydrogens is 354 g/mol. The Morgan fingerprint density at radius 2 is 2.00 bits per heavy atom. The number of fused-ring (bicyclic) bond motifs is 1. The van der Waals surface area contributed by atoms with Crippen LogP contribution in [0.2, 0.25) is 0 Å². The molecule has 1 amide bonds. The molecule has 0 spiro atoms. The van der Waals surface area contributed by atoms with Crippen LogP contribution in [0.5, 0.6) is 0 Å². The predicted molar refractivity (Wildman–Crippen MR) is 95.1 cm³/mol. The van der Waals surface area contributed by atoms with E-state index in [4.69, 9.17) is 9.26 Å². The first-order chi connectivity index (χ1) is 13.0. The molecule has 1 heterocycles. The van der Waals surface area contributed by atoms with Crippen molar-refractivity contribution in [2.75, 3.05) is 11.9 Å². The molecule has 9 heteroatoms. The molecule has 3 aromatic rings. The van der Waals surface area contributed by atoms with Crippen LogP contribution in [-0.4, -0.2) is 28.6 Å². The number of hydrogen-bond donors (Lipinski definition) is 1. The molecular formula is C18H15N3O6. The highest BCUT2D eigenvalue weighted by Gasteiger charge is 2.19. The maximum atomic E-state index is 12.0. The molecule has 27 heavy (non-hydrogen) atoms. The number of rotatable bonds is 6. The smallest absolute Gasteiger partial charge is 0.312 e. The van der Waals surface area contributed by atoms with E-state index < -0.39 is 23.4 Å². The Labute approximate surface area is 153 Å². The number of aryl methyl sites for hydroxylation is 1. The summed E-state index contributed by atoms with van der Waals surface area (Å²) in [6.07, 6.45) is -0.158. The Bertz CT molecular complexity index is 1030. The number of amides is 1. The summed E-state index contributed by atoms with van der Waals surface area (Å²) in [4.78, 5) is 34.4. The van der Waals surface area contributed by atoms with Crippen molar-refractivity contribution in [1.82, 2.24) is 5.16 Å². The predicted octanol–water partition coefficient (Wildman–Crippen LogP) is 2.77. The molecule has 0 saturated carbocycles. The van der Waals surface area contributed by atoms with Gasteiger partial charge in [0.1, 0.15) is 11.4 Å². The van der Waals surface area contributed by atoms with Crippen LogP contribution in [0, 0.1) is 17.0 Å². The summed E-state index contributed by atoms with van der Waals surface area (Å²) in [5.41, 5.74) is 1.32. The Kier molecular flexibility index (Phi) is 5.11. The van der Waals surface area contributed by atoms with Crippen molar-refractivity contribution >= 4 is 34.2 Å². The number of carbonyl (C=O) groups is 2. The number of nitro benzene ring substituents is 1. The van der Waals surface area contributed by atoms with Crippen LogP contribution >= 0.6 is 0 Å². The van der Waals surface area contributed by atoms with Gasteiger partial charge in [0.25, 0.3) is 11.6 Å². The Morgan fingerprint density at radius 1 is 1.22 bits per heavy atom. The lowest BCUT2D eigenvalue weighted by Gasteiger charge is -2.09. The molecule has 2 aromatic carbocycles. The summed E-state index contributed by atoms with van der Waals surface area (Å²) in [5.74, 6) is -1.34. The fourth-order valence-corrected chi connectivity index (χ4v) is 2.54. The molecule has 9 nitrogen and oxygen atoms in total. The highest BCUT2D eigenvalue weighted by Crippen LogP contribution is 2.27. The van der Waals surface area contributed by atoms with Gasteiger partial charge in [0.05, 0.1) is 11.3 Å². The van der Waals surface area contributed by atoms with Crippen LogP contribution in [0.25, 0.3) is 11.0 Å². The number of aromatic nitrogens is 1. The summed E-state index contributed by atoms with van der Waals surface area (Å²) in [7, 11) is 0. The van der Waals surface area contributed by atoms with Crippen molar-refractivity contribution in [2.24, 2.45) is 0 Å². The van der Waals surface area contributed by atoms with Crippen molar-refractivity contribution in [2.45, 2.75) is 13.3 Å². The van der Waals surface area contributed by atoms with Crippen LogP contribution in [-0.2, 0) is 20.7 Å². The number of nitrogens with zero attached hydrogens (tertiary/aromatic N) is 2. The van der Waals surface area contributed by atoms with E-state index in [9.17, 15) is 19.7 Å². The lowest BCUT2D eigenvalue weighted by molar-refractivity contribution is -0.384. The average Bonchev–Trinajstić information content (AvgIpc) is 3.04. The standard InChI is InChI=1S/C18H15N3O6/c1-11-5-4-7-14(21(24)25)18(11)19-16(22)10-26-17(23)9-13-12-6-2-3-8-15(12)27-20-13/h2-8H,9-10H2,1H3,(H,19,22). The normalized spacial score (nSPS) is 10.6. The number of carbonyl (C=O) groups excluding carboxylic acids is 2. The first-order valence-electron chi connectivity index (χ1n) is 7.98. The Hall–Kier alpha value is -3.75. The fourth-order valence-electron chi connectivity index (χ4n) is 2.54. The third-order valence-corrected chi connectivity index (χ3v) is 3.84. The van der Waals surface area contributed by atoms with Gasteiger partial charge < -0.3 is 14.6 Å². The van der Waals surface area contributed by atoms with E-state index in [1.165, 1.54) is 12.1 Å². The molecule has 0 fully saturated rings. The number of nitrogens with one attached hydrogen (secondary N) is 1. The lowest BCUT2D eigenvalue weighted by atomic mass is 10.1. The van der Waals surface area contributed by atoms with Gasteiger partial charge in [0.2, 0.25) is 0 Å². The summed E-state index contributed by atoms with van der Waals surface area (Å²) in [5, 5.41) is 18.0. The van der Waals surface area contributed by atoms with Gasteiger partial charge >= 0.3 is 5.97 Å². The largest absolute Gasteiger partial charge is 0.455 e. The number of hydrogen-bond acceptors (Lipinski definition) is 7. The summed E-state index contributed by atoms with van der Waals surface area (Å²) in [6.45, 7) is 1.06. The summed E-state index contributed by atoms with van der Waals surface area (Å²) < 4.78 is 10.0. The van der Waals surface area contributed by atoms with Gasteiger partial charge in [-0.25, -0.2) is 0 Å². The van der Waals surface area contributed by atoms with Crippen LogP contribution in [0.4, 0.5) is 11.4 Å². The second kappa shape index (κ2) is 7.65. The van der Waals surface area contributed by atoms with Crippen LogP contribution in [0.15, 0.2) is 47.0 Å². The minimum absolute atomic E-state index is 0.0750. The second-order valence-electron chi connectivity index (χ2n) is 5.74. The fraction of sp³-hybridized carbons (Fsp3) is 0.167. The van der Waals surface area contributed by atoms with Gasteiger partial charge in [0, 0.05) is 11.5 Å². The third-order valence-electron chi connectivity index (χ3n) is 3.84. The maximum absolute atomic E-state index is 12.0. The molecule has 1 N–H and O–H groups in total. The van der Waals surface area contributed by atoms with Gasteiger partial charge in [-0.3, -0.25) is 19.7 Å². The van der Waals surface area contributed by atoms with E-state index in [-0.39, 0.29) is 17.8 Å². The van der Waals surface area contributed by atoms with E-state index in [0.717, 1.165) is 0 Å². The monoisotopic (exact) mass is 369 g/mol. The van der Waals surface area contributed by atoms with Crippen molar-refractivity contribution < 1.29 is 23.8 Å². The number of nitro groups is 1. The van der Waals surface area contributed by atoms with E-state index in [1.807, 2.05) is 0 Å². The molecule has 0 aliphatic carbocycles. The SMILES string of the molecule is Cc1cccc([N+](=O)[O-])c1NC(=O)COC(=O)Cc1noc2ccccc12. The second-order valence-corrected chi connectivity index (χ2v) is 5.74. The Balaban J connectivity index is 1.60. The van der Waals surface area contributed by atoms with E-state index in [0.29, 0.717) is 22.2 Å². The molecule has 138 valence electrons. The number of esters is 1. The van der Waals surface area contributed by atoms with Crippen LogP contribution < -0.4 is 5.32 Å². The van der Waals surface area contributed by atoms with E-state index in [2.05, 4.69) is 10.5 Å². The molecule has 3 rings (SSSR count). The molecule has 0 unspecified atom stereocenters. The number of para-hydroxylation sites is 2. The van der Waals surface area contributed by atoms with Crippen molar-refractivity contribution in [3.05, 3.63) is 63.8 Å². The third kappa shape index (κ3) is 4.09. The maximum Gasteiger partial charge on any atom is 0.312 e. The molecule has 0 bridgehead atoms. The van der Waals surface area contributed by atoms with Gasteiger partial charge in [-0.15, -0.1) is 0 Å².